The minimum absolute atomic E-state index is 0.00814. The molecule has 3 rings (SSSR count). The number of ether oxygens (including phenoxy) is 1. The predicted molar refractivity (Wildman–Crippen MR) is 103 cm³/mol. The van der Waals surface area contributed by atoms with Crippen LogP contribution in [0.4, 0.5) is 15.8 Å². The molecule has 2 amide bonds. The van der Waals surface area contributed by atoms with Gasteiger partial charge < -0.3 is 15.4 Å². The van der Waals surface area contributed by atoms with Gasteiger partial charge in [0.25, 0.3) is 0 Å². The molecule has 3 aromatic rings. The summed E-state index contributed by atoms with van der Waals surface area (Å²) in [6.07, 6.45) is 3.04. The zero-order valence-electron chi connectivity index (χ0n) is 15.2. The van der Waals surface area contributed by atoms with Gasteiger partial charge in [-0.2, -0.15) is 5.10 Å². The van der Waals surface area contributed by atoms with Gasteiger partial charge in [0.1, 0.15) is 18.1 Å². The largest absolute Gasteiger partial charge is 0.497 e. The van der Waals surface area contributed by atoms with E-state index in [1.807, 2.05) is 0 Å². The highest BCUT2D eigenvalue weighted by molar-refractivity contribution is 5.92. The van der Waals surface area contributed by atoms with Gasteiger partial charge >= 0.3 is 0 Å². The zero-order chi connectivity index (χ0) is 19.9. The van der Waals surface area contributed by atoms with Crippen molar-refractivity contribution in [2.45, 2.75) is 13.0 Å². The molecule has 2 aromatic carbocycles. The Morgan fingerprint density at radius 2 is 1.82 bits per heavy atom. The quantitative estimate of drug-likeness (QED) is 0.658. The summed E-state index contributed by atoms with van der Waals surface area (Å²) >= 11 is 0. The minimum Gasteiger partial charge on any atom is -0.497 e. The Morgan fingerprint density at radius 1 is 1.07 bits per heavy atom. The summed E-state index contributed by atoms with van der Waals surface area (Å²) in [5.41, 5.74) is 1.67. The number of amides is 2. The lowest BCUT2D eigenvalue weighted by Crippen LogP contribution is -2.19. The molecule has 0 atom stereocenters. The van der Waals surface area contributed by atoms with E-state index in [2.05, 4.69) is 15.7 Å². The number of methoxy groups -OCH3 is 1. The fourth-order valence-corrected chi connectivity index (χ4v) is 2.57. The van der Waals surface area contributed by atoms with E-state index in [0.29, 0.717) is 22.7 Å². The summed E-state index contributed by atoms with van der Waals surface area (Å²) in [6, 6.07) is 12.8. The third kappa shape index (κ3) is 5.41. The maximum atomic E-state index is 13.2. The SMILES string of the molecule is COc1ccc(NC(=O)Cn2cc(NC(=O)Cc3cccc(F)c3)cn2)cc1. The van der Waals surface area contributed by atoms with Gasteiger partial charge in [-0.15, -0.1) is 0 Å². The number of hydrogen-bond donors (Lipinski definition) is 2. The molecular formula is C20H19FN4O3. The number of benzene rings is 2. The van der Waals surface area contributed by atoms with Crippen LogP contribution in [-0.2, 0) is 22.6 Å². The molecule has 144 valence electrons. The van der Waals surface area contributed by atoms with E-state index in [1.165, 1.54) is 23.0 Å². The lowest BCUT2D eigenvalue weighted by molar-refractivity contribution is -0.117. The smallest absolute Gasteiger partial charge is 0.246 e. The summed E-state index contributed by atoms with van der Waals surface area (Å²) < 4.78 is 19.7. The van der Waals surface area contributed by atoms with Gasteiger partial charge in [0.2, 0.25) is 11.8 Å². The number of anilines is 2. The third-order valence-electron chi connectivity index (χ3n) is 3.85. The number of halogens is 1. The van der Waals surface area contributed by atoms with Crippen molar-refractivity contribution < 1.29 is 18.7 Å². The van der Waals surface area contributed by atoms with Crippen LogP contribution in [0.5, 0.6) is 5.75 Å². The molecule has 0 saturated heterocycles. The monoisotopic (exact) mass is 382 g/mol. The molecule has 7 nitrogen and oxygen atoms in total. The van der Waals surface area contributed by atoms with E-state index < -0.39 is 0 Å². The van der Waals surface area contributed by atoms with Crippen molar-refractivity contribution >= 4 is 23.2 Å². The van der Waals surface area contributed by atoms with Crippen molar-refractivity contribution in [3.8, 4) is 5.75 Å². The summed E-state index contributed by atoms with van der Waals surface area (Å²) in [5, 5.41) is 9.49. The molecule has 0 aliphatic rings. The molecule has 8 heteroatoms. The molecule has 0 saturated carbocycles. The van der Waals surface area contributed by atoms with E-state index in [1.54, 1.807) is 49.7 Å². The molecular weight excluding hydrogens is 363 g/mol. The van der Waals surface area contributed by atoms with Gasteiger partial charge in [-0.05, 0) is 42.0 Å². The van der Waals surface area contributed by atoms with E-state index >= 15 is 0 Å². The normalized spacial score (nSPS) is 10.4. The Hall–Kier alpha value is -3.68. The highest BCUT2D eigenvalue weighted by Gasteiger charge is 2.09. The Labute approximate surface area is 161 Å². The van der Waals surface area contributed by atoms with Gasteiger partial charge in [-0.25, -0.2) is 4.39 Å². The van der Waals surface area contributed by atoms with Crippen molar-refractivity contribution in [2.24, 2.45) is 0 Å². The number of nitrogens with zero attached hydrogens (tertiary/aromatic N) is 2. The number of nitrogens with one attached hydrogen (secondary N) is 2. The maximum Gasteiger partial charge on any atom is 0.246 e. The second-order valence-electron chi connectivity index (χ2n) is 6.06. The summed E-state index contributed by atoms with van der Waals surface area (Å²) in [7, 11) is 1.57. The molecule has 0 aliphatic heterocycles. The van der Waals surface area contributed by atoms with Crippen molar-refractivity contribution in [3.63, 3.8) is 0 Å². The first-order valence-electron chi connectivity index (χ1n) is 8.52. The summed E-state index contributed by atoms with van der Waals surface area (Å²) in [6.45, 7) is -0.00814. The van der Waals surface area contributed by atoms with Crippen molar-refractivity contribution in [1.29, 1.82) is 0 Å². The first-order chi connectivity index (χ1) is 13.5. The van der Waals surface area contributed by atoms with Gasteiger partial charge in [-0.1, -0.05) is 12.1 Å². The van der Waals surface area contributed by atoms with Crippen LogP contribution in [-0.4, -0.2) is 28.7 Å². The predicted octanol–water partition coefficient (Wildman–Crippen LogP) is 2.85. The number of carbonyl (C=O) groups excluding carboxylic acids is 2. The topological polar surface area (TPSA) is 85.2 Å². The van der Waals surface area contributed by atoms with Crippen molar-refractivity contribution in [3.05, 3.63) is 72.3 Å². The lowest BCUT2D eigenvalue weighted by Gasteiger charge is -2.06. The van der Waals surface area contributed by atoms with E-state index in [0.717, 1.165) is 0 Å². The Balaban J connectivity index is 1.51. The van der Waals surface area contributed by atoms with Crippen LogP contribution in [0.15, 0.2) is 60.9 Å². The van der Waals surface area contributed by atoms with Gasteiger partial charge in [0, 0.05) is 11.9 Å². The number of rotatable bonds is 7. The molecule has 0 unspecified atom stereocenters. The third-order valence-corrected chi connectivity index (χ3v) is 3.85. The number of carbonyl (C=O) groups is 2. The van der Waals surface area contributed by atoms with Crippen LogP contribution in [0, 0.1) is 5.82 Å². The molecule has 0 bridgehead atoms. The average Bonchev–Trinajstić information content (AvgIpc) is 3.08. The van der Waals surface area contributed by atoms with Crippen molar-refractivity contribution in [2.75, 3.05) is 17.7 Å². The van der Waals surface area contributed by atoms with Crippen LogP contribution in [0.25, 0.3) is 0 Å². The lowest BCUT2D eigenvalue weighted by atomic mass is 10.1. The maximum absolute atomic E-state index is 13.2. The highest BCUT2D eigenvalue weighted by Crippen LogP contribution is 2.15. The zero-order valence-corrected chi connectivity index (χ0v) is 15.2. The van der Waals surface area contributed by atoms with Gasteiger partial charge in [0.05, 0.1) is 25.4 Å². The molecule has 0 fully saturated rings. The van der Waals surface area contributed by atoms with Gasteiger partial charge in [-0.3, -0.25) is 14.3 Å². The second-order valence-corrected chi connectivity index (χ2v) is 6.06. The minimum atomic E-state index is -0.388. The van der Waals surface area contributed by atoms with Crippen LogP contribution >= 0.6 is 0 Å². The van der Waals surface area contributed by atoms with E-state index in [9.17, 15) is 14.0 Å². The summed E-state index contributed by atoms with van der Waals surface area (Å²) in [4.78, 5) is 24.2. The van der Waals surface area contributed by atoms with E-state index in [-0.39, 0.29) is 30.6 Å². The van der Waals surface area contributed by atoms with E-state index in [4.69, 9.17) is 4.74 Å². The fraction of sp³-hybridized carbons (Fsp3) is 0.150. The molecule has 1 aromatic heterocycles. The Bertz CT molecular complexity index is 970. The molecule has 1 heterocycles. The van der Waals surface area contributed by atoms with Crippen LogP contribution in [0.2, 0.25) is 0 Å². The highest BCUT2D eigenvalue weighted by atomic mass is 19.1. The Morgan fingerprint density at radius 3 is 2.54 bits per heavy atom. The molecule has 0 aliphatic carbocycles. The second kappa shape index (κ2) is 8.81. The first kappa shape index (κ1) is 19.1. The van der Waals surface area contributed by atoms with Gasteiger partial charge in [0.15, 0.2) is 0 Å². The summed E-state index contributed by atoms with van der Waals surface area (Å²) in [5.74, 6) is -0.247. The standard InChI is InChI=1S/C20H19FN4O3/c1-28-18-7-5-16(6-8-18)23-20(27)13-25-12-17(11-22-25)24-19(26)10-14-3-2-4-15(21)9-14/h2-9,11-12H,10,13H2,1H3,(H,23,27)(H,24,26). The number of aromatic nitrogens is 2. The Kier molecular flexibility index (Phi) is 6.01. The average molecular weight is 382 g/mol. The van der Waals surface area contributed by atoms with Crippen LogP contribution in [0.3, 0.4) is 0 Å². The molecule has 0 radical (unpaired) electrons. The molecule has 0 spiro atoms. The van der Waals surface area contributed by atoms with Crippen LogP contribution < -0.4 is 15.4 Å². The first-order valence-corrected chi connectivity index (χ1v) is 8.52. The fourth-order valence-electron chi connectivity index (χ4n) is 2.57. The van der Waals surface area contributed by atoms with Crippen molar-refractivity contribution in [1.82, 2.24) is 9.78 Å². The van der Waals surface area contributed by atoms with Crippen LogP contribution in [0.1, 0.15) is 5.56 Å². The molecule has 2 N–H and O–H groups in total. The number of hydrogen-bond acceptors (Lipinski definition) is 4. The molecule has 28 heavy (non-hydrogen) atoms.